The Bertz CT molecular complexity index is 1090. The van der Waals surface area contributed by atoms with Crippen molar-refractivity contribution < 1.29 is 24.2 Å². The first-order chi connectivity index (χ1) is 16.4. The van der Waals surface area contributed by atoms with E-state index in [0.717, 1.165) is 22.3 Å². The molecule has 2 amide bonds. The first-order valence-electron chi connectivity index (χ1n) is 11.5. The van der Waals surface area contributed by atoms with E-state index in [2.05, 4.69) is 23.4 Å². The molecule has 2 N–H and O–H groups in total. The van der Waals surface area contributed by atoms with Crippen molar-refractivity contribution in [1.29, 1.82) is 0 Å². The van der Waals surface area contributed by atoms with Crippen molar-refractivity contribution in [3.05, 3.63) is 59.7 Å². The van der Waals surface area contributed by atoms with Crippen LogP contribution in [0.5, 0.6) is 0 Å². The lowest BCUT2D eigenvalue weighted by atomic mass is 9.86. The van der Waals surface area contributed by atoms with Gasteiger partial charge in [0.25, 0.3) is 0 Å². The summed E-state index contributed by atoms with van der Waals surface area (Å²) >= 11 is 0. The maximum atomic E-state index is 13.0. The first-order valence-corrected chi connectivity index (χ1v) is 11.5. The molecule has 1 heterocycles. The number of nitrogens with zero attached hydrogens (tertiary/aromatic N) is 1. The Morgan fingerprint density at radius 1 is 1.15 bits per heavy atom. The third-order valence-electron chi connectivity index (χ3n) is 6.79. The molecule has 2 aromatic rings. The van der Waals surface area contributed by atoms with Crippen molar-refractivity contribution in [2.45, 2.75) is 31.7 Å². The highest BCUT2D eigenvalue weighted by Gasteiger charge is 2.36. The summed E-state index contributed by atoms with van der Waals surface area (Å²) in [6.07, 6.45) is 5.14. The Morgan fingerprint density at radius 2 is 1.76 bits per heavy atom. The quantitative estimate of drug-likeness (QED) is 0.644. The number of fused-ring (bicyclic) bond motifs is 3. The Labute approximate surface area is 199 Å². The summed E-state index contributed by atoms with van der Waals surface area (Å²) in [5, 5.41) is 11.9. The largest absolute Gasteiger partial charge is 0.481 e. The second kappa shape index (κ2) is 10.0. The van der Waals surface area contributed by atoms with Crippen LogP contribution in [0.1, 0.15) is 36.8 Å². The molecule has 1 fully saturated rings. The molecule has 0 saturated carbocycles. The molecule has 1 aliphatic heterocycles. The van der Waals surface area contributed by atoms with Gasteiger partial charge < -0.3 is 20.1 Å². The van der Waals surface area contributed by atoms with Crippen molar-refractivity contribution in [1.82, 2.24) is 10.2 Å². The summed E-state index contributed by atoms with van der Waals surface area (Å²) in [6.45, 7) is 2.57. The van der Waals surface area contributed by atoms with Gasteiger partial charge in [-0.05, 0) is 34.6 Å². The van der Waals surface area contributed by atoms with E-state index in [1.165, 1.54) is 0 Å². The minimum atomic E-state index is -0.922. The molecule has 0 spiro atoms. The normalized spacial score (nSPS) is 19.9. The summed E-state index contributed by atoms with van der Waals surface area (Å²) < 4.78 is 5.56. The fourth-order valence-electron chi connectivity index (χ4n) is 5.03. The van der Waals surface area contributed by atoms with Crippen LogP contribution >= 0.6 is 0 Å². The third-order valence-corrected chi connectivity index (χ3v) is 6.79. The number of benzene rings is 2. The Morgan fingerprint density at radius 3 is 2.32 bits per heavy atom. The summed E-state index contributed by atoms with van der Waals surface area (Å²) in [5.41, 5.74) is 4.46. The van der Waals surface area contributed by atoms with Gasteiger partial charge in [-0.25, -0.2) is 4.79 Å². The number of nitrogens with one attached hydrogen (secondary N) is 1. The van der Waals surface area contributed by atoms with Gasteiger partial charge in [-0.15, -0.1) is 12.3 Å². The fraction of sp³-hybridized carbons (Fsp3) is 0.370. The van der Waals surface area contributed by atoms with Crippen molar-refractivity contribution >= 4 is 18.0 Å². The number of carboxylic acid groups (broad SMARTS) is 1. The third kappa shape index (κ3) is 4.62. The molecule has 2 aromatic carbocycles. The number of carbonyl (C=O) groups excluding carboxylic acids is 2. The van der Waals surface area contributed by atoms with E-state index in [9.17, 15) is 19.5 Å². The molecule has 176 valence electrons. The highest BCUT2D eigenvalue weighted by Crippen LogP contribution is 2.44. The smallest absolute Gasteiger partial charge is 0.407 e. The standard InChI is InChI=1S/C27H28N2O5/c1-3-8-24(25(30)29-14-13-18(26(31)32)17(2)15-29)28-27(33)34-16-23-21-11-6-4-9-19(21)20-10-5-7-12-22(20)23/h1,4-7,9-12,17-18,23-24H,8,13-16H2,2H3,(H,28,33)(H,31,32). The highest BCUT2D eigenvalue weighted by molar-refractivity contribution is 5.86. The van der Waals surface area contributed by atoms with Gasteiger partial charge in [-0.1, -0.05) is 55.5 Å². The Hall–Kier alpha value is -3.79. The van der Waals surface area contributed by atoms with Crippen LogP contribution in [0.25, 0.3) is 11.1 Å². The van der Waals surface area contributed by atoms with Crippen LogP contribution in [0.3, 0.4) is 0 Å². The van der Waals surface area contributed by atoms with Crippen LogP contribution in [-0.4, -0.2) is 53.7 Å². The fourth-order valence-corrected chi connectivity index (χ4v) is 5.03. The SMILES string of the molecule is C#CCC(NC(=O)OCC1c2ccccc2-c2ccccc21)C(=O)N1CCC(C(=O)O)C(C)C1. The summed E-state index contributed by atoms with van der Waals surface area (Å²) in [5.74, 6) is 0.522. The second-order valence-electron chi connectivity index (χ2n) is 8.93. The molecule has 34 heavy (non-hydrogen) atoms. The predicted molar refractivity (Wildman–Crippen MR) is 127 cm³/mol. The molecule has 0 aromatic heterocycles. The van der Waals surface area contributed by atoms with Crippen LogP contribution in [0.15, 0.2) is 48.5 Å². The second-order valence-corrected chi connectivity index (χ2v) is 8.93. The average Bonchev–Trinajstić information content (AvgIpc) is 3.15. The van der Waals surface area contributed by atoms with E-state index in [0.29, 0.717) is 19.5 Å². The Kier molecular flexibility index (Phi) is 6.87. The number of carboxylic acids is 1. The van der Waals surface area contributed by atoms with E-state index in [1.54, 1.807) is 4.90 Å². The minimum Gasteiger partial charge on any atom is -0.481 e. The molecule has 3 atom stereocenters. The number of alkyl carbamates (subject to hydrolysis) is 1. The molecule has 3 unspecified atom stereocenters. The molecule has 2 aliphatic rings. The molecule has 7 nitrogen and oxygen atoms in total. The molecule has 4 rings (SSSR count). The van der Waals surface area contributed by atoms with Crippen LogP contribution in [0.4, 0.5) is 4.79 Å². The number of ether oxygens (including phenoxy) is 1. The van der Waals surface area contributed by atoms with Crippen molar-refractivity contribution in [3.8, 4) is 23.5 Å². The summed E-state index contributed by atoms with van der Waals surface area (Å²) in [6, 6.07) is 15.2. The lowest BCUT2D eigenvalue weighted by Crippen LogP contribution is -2.53. The van der Waals surface area contributed by atoms with Gasteiger partial charge in [-0.2, -0.15) is 0 Å². The molecule has 1 aliphatic carbocycles. The van der Waals surface area contributed by atoms with Crippen LogP contribution in [0, 0.1) is 24.2 Å². The molecule has 7 heteroatoms. The number of piperidine rings is 1. The van der Waals surface area contributed by atoms with Gasteiger partial charge in [0, 0.05) is 25.4 Å². The number of terminal acetylenes is 1. The van der Waals surface area contributed by atoms with Crippen molar-refractivity contribution in [2.75, 3.05) is 19.7 Å². The molecule has 0 bridgehead atoms. The monoisotopic (exact) mass is 460 g/mol. The lowest BCUT2D eigenvalue weighted by Gasteiger charge is -2.36. The van der Waals surface area contributed by atoms with Gasteiger partial charge in [0.15, 0.2) is 0 Å². The van der Waals surface area contributed by atoms with Gasteiger partial charge in [-0.3, -0.25) is 9.59 Å². The van der Waals surface area contributed by atoms with Crippen LogP contribution in [-0.2, 0) is 14.3 Å². The number of hydrogen-bond donors (Lipinski definition) is 2. The summed E-state index contributed by atoms with van der Waals surface area (Å²) in [7, 11) is 0. The van der Waals surface area contributed by atoms with E-state index in [1.807, 2.05) is 43.3 Å². The van der Waals surface area contributed by atoms with Crippen molar-refractivity contribution in [3.63, 3.8) is 0 Å². The molecule has 0 radical (unpaired) electrons. The van der Waals surface area contributed by atoms with E-state index < -0.39 is 24.0 Å². The topological polar surface area (TPSA) is 95.9 Å². The average molecular weight is 461 g/mol. The number of likely N-dealkylation sites (tertiary alicyclic amines) is 1. The highest BCUT2D eigenvalue weighted by atomic mass is 16.5. The van der Waals surface area contributed by atoms with E-state index in [-0.39, 0.29) is 30.8 Å². The zero-order chi connectivity index (χ0) is 24.2. The maximum absolute atomic E-state index is 13.0. The Balaban J connectivity index is 1.39. The number of rotatable bonds is 6. The molecule has 1 saturated heterocycles. The molecular weight excluding hydrogens is 432 g/mol. The number of carbonyl (C=O) groups is 3. The van der Waals surface area contributed by atoms with Gasteiger partial charge in [0.05, 0.1) is 5.92 Å². The van der Waals surface area contributed by atoms with Gasteiger partial charge in [0.2, 0.25) is 5.91 Å². The maximum Gasteiger partial charge on any atom is 0.407 e. The zero-order valence-corrected chi connectivity index (χ0v) is 19.1. The predicted octanol–water partition coefficient (Wildman–Crippen LogP) is 3.49. The van der Waals surface area contributed by atoms with Gasteiger partial charge in [0.1, 0.15) is 12.6 Å². The van der Waals surface area contributed by atoms with E-state index in [4.69, 9.17) is 11.2 Å². The van der Waals surface area contributed by atoms with E-state index >= 15 is 0 Å². The number of amides is 2. The van der Waals surface area contributed by atoms with Gasteiger partial charge >= 0.3 is 12.1 Å². The summed E-state index contributed by atoms with van der Waals surface area (Å²) in [4.78, 5) is 38.6. The minimum absolute atomic E-state index is 0.0241. The lowest BCUT2D eigenvalue weighted by molar-refractivity contribution is -0.148. The molecular formula is C27H28N2O5. The first kappa shape index (κ1) is 23.4. The van der Waals surface area contributed by atoms with Crippen LogP contribution in [0.2, 0.25) is 0 Å². The number of hydrogen-bond acceptors (Lipinski definition) is 4. The zero-order valence-electron chi connectivity index (χ0n) is 19.1. The van der Waals surface area contributed by atoms with Crippen molar-refractivity contribution in [2.24, 2.45) is 11.8 Å². The van der Waals surface area contributed by atoms with Crippen LogP contribution < -0.4 is 5.32 Å². The number of aliphatic carboxylic acids is 1.